The summed E-state index contributed by atoms with van der Waals surface area (Å²) in [5, 5.41) is 8.97. The molecule has 0 fully saturated rings. The Bertz CT molecular complexity index is 720. The molecule has 0 radical (unpaired) electrons. The Morgan fingerprint density at radius 2 is 2.15 bits per heavy atom. The summed E-state index contributed by atoms with van der Waals surface area (Å²) in [7, 11) is 1.54. The van der Waals surface area contributed by atoms with Crippen molar-refractivity contribution in [2.75, 3.05) is 18.1 Å². The van der Waals surface area contributed by atoms with Crippen LogP contribution in [0.5, 0.6) is 5.75 Å². The number of rotatable bonds is 2. The van der Waals surface area contributed by atoms with Gasteiger partial charge >= 0.3 is 0 Å². The number of nitrogens with zero attached hydrogens (tertiary/aromatic N) is 2. The number of ether oxygens (including phenoxy) is 1. The van der Waals surface area contributed by atoms with Crippen LogP contribution < -0.4 is 9.64 Å². The molecule has 5 nitrogen and oxygen atoms in total. The van der Waals surface area contributed by atoms with E-state index in [1.165, 1.54) is 12.1 Å². The van der Waals surface area contributed by atoms with E-state index < -0.39 is 9.05 Å². The van der Waals surface area contributed by atoms with Crippen molar-refractivity contribution in [3.8, 4) is 11.8 Å². The van der Waals surface area contributed by atoms with Crippen LogP contribution in [0.3, 0.4) is 0 Å². The quantitative estimate of drug-likeness (QED) is 0.620. The average molecular weight is 313 g/mol. The molecule has 2 rings (SSSR count). The summed E-state index contributed by atoms with van der Waals surface area (Å²) >= 11 is 0. The number of nitriles is 1. The van der Waals surface area contributed by atoms with Crippen LogP contribution in [-0.4, -0.2) is 21.6 Å². The van der Waals surface area contributed by atoms with Gasteiger partial charge in [0.1, 0.15) is 12.4 Å². The molecule has 1 aliphatic heterocycles. The average Bonchev–Trinajstić information content (AvgIpc) is 2.43. The van der Waals surface area contributed by atoms with E-state index in [1.54, 1.807) is 13.0 Å². The topological polar surface area (TPSA) is 70.4 Å². The first-order valence-electron chi connectivity index (χ1n) is 5.91. The van der Waals surface area contributed by atoms with E-state index in [2.05, 4.69) is 6.07 Å². The summed E-state index contributed by atoms with van der Waals surface area (Å²) in [6.07, 6.45) is 0. The molecule has 20 heavy (non-hydrogen) atoms. The molecule has 0 spiro atoms. The summed E-state index contributed by atoms with van der Waals surface area (Å²) < 4.78 is 28.1. The van der Waals surface area contributed by atoms with Gasteiger partial charge in [-0.25, -0.2) is 8.42 Å². The predicted octanol–water partition coefficient (Wildman–Crippen LogP) is 2.63. The van der Waals surface area contributed by atoms with Gasteiger partial charge in [-0.1, -0.05) is 0 Å². The molecule has 0 amide bonds. The van der Waals surface area contributed by atoms with Crippen LogP contribution in [0.1, 0.15) is 13.8 Å². The van der Waals surface area contributed by atoms with Gasteiger partial charge < -0.3 is 9.64 Å². The molecule has 0 saturated heterocycles. The molecular formula is C13H13ClN2O3S. The number of hydrogen-bond acceptors (Lipinski definition) is 5. The van der Waals surface area contributed by atoms with E-state index in [9.17, 15) is 8.42 Å². The van der Waals surface area contributed by atoms with E-state index in [0.29, 0.717) is 24.5 Å². The Labute approximate surface area is 122 Å². The third-order valence-electron chi connectivity index (χ3n) is 3.19. The van der Waals surface area contributed by atoms with Gasteiger partial charge in [0, 0.05) is 28.0 Å². The first-order valence-corrected chi connectivity index (χ1v) is 8.22. The number of hydrogen-bond donors (Lipinski definition) is 0. The van der Waals surface area contributed by atoms with E-state index in [0.717, 1.165) is 11.4 Å². The zero-order valence-electron chi connectivity index (χ0n) is 11.1. The monoisotopic (exact) mass is 312 g/mol. The molecule has 0 atom stereocenters. The molecule has 0 unspecified atom stereocenters. The molecule has 7 heteroatoms. The number of anilines is 1. The minimum atomic E-state index is -3.79. The van der Waals surface area contributed by atoms with Gasteiger partial charge in [0.15, 0.2) is 0 Å². The maximum atomic E-state index is 11.3. The zero-order valence-corrected chi connectivity index (χ0v) is 12.6. The highest BCUT2D eigenvalue weighted by Gasteiger charge is 2.22. The molecule has 1 aliphatic rings. The molecule has 0 bridgehead atoms. The van der Waals surface area contributed by atoms with E-state index in [-0.39, 0.29) is 4.90 Å². The number of benzene rings is 1. The lowest BCUT2D eigenvalue weighted by Gasteiger charge is -2.32. The Morgan fingerprint density at radius 3 is 2.75 bits per heavy atom. The van der Waals surface area contributed by atoms with Crippen molar-refractivity contribution in [1.82, 2.24) is 0 Å². The van der Waals surface area contributed by atoms with Crippen LogP contribution in [0.15, 0.2) is 34.4 Å². The molecule has 106 valence electrons. The van der Waals surface area contributed by atoms with Crippen molar-refractivity contribution in [2.24, 2.45) is 0 Å². The van der Waals surface area contributed by atoms with Crippen LogP contribution in [0.2, 0.25) is 0 Å². The van der Waals surface area contributed by atoms with Crippen molar-refractivity contribution in [2.45, 2.75) is 18.7 Å². The Balaban J connectivity index is 2.52. The fourth-order valence-corrected chi connectivity index (χ4v) is 2.75. The summed E-state index contributed by atoms with van der Waals surface area (Å²) in [4.78, 5) is 1.93. The van der Waals surface area contributed by atoms with Crippen molar-refractivity contribution < 1.29 is 13.2 Å². The van der Waals surface area contributed by atoms with Crippen molar-refractivity contribution in [3.05, 3.63) is 29.5 Å². The maximum absolute atomic E-state index is 11.3. The van der Waals surface area contributed by atoms with E-state index in [1.807, 2.05) is 11.8 Å². The van der Waals surface area contributed by atoms with Crippen LogP contribution >= 0.6 is 10.7 Å². The van der Waals surface area contributed by atoms with E-state index in [4.69, 9.17) is 20.7 Å². The number of halogens is 1. The molecule has 1 aromatic rings. The molecule has 0 aromatic heterocycles. The Kier molecular flexibility index (Phi) is 3.93. The summed E-state index contributed by atoms with van der Waals surface area (Å²) in [6, 6.07) is 6.58. The highest BCUT2D eigenvalue weighted by atomic mass is 35.7. The molecule has 1 heterocycles. The lowest BCUT2D eigenvalue weighted by atomic mass is 10.2. The summed E-state index contributed by atoms with van der Waals surface area (Å²) in [6.45, 7) is 4.60. The van der Waals surface area contributed by atoms with Gasteiger partial charge in [-0.15, -0.1) is 0 Å². The summed E-state index contributed by atoms with van der Waals surface area (Å²) in [5.41, 5.74) is 2.15. The lowest BCUT2D eigenvalue weighted by Crippen LogP contribution is -2.31. The fraction of sp³-hybridized carbons (Fsp3) is 0.308. The largest absolute Gasteiger partial charge is 0.489 e. The first kappa shape index (κ1) is 14.7. The minimum Gasteiger partial charge on any atom is -0.489 e. The predicted molar refractivity (Wildman–Crippen MR) is 76.3 cm³/mol. The smallest absolute Gasteiger partial charge is 0.261 e. The van der Waals surface area contributed by atoms with Crippen molar-refractivity contribution >= 4 is 25.4 Å². The second kappa shape index (κ2) is 5.35. The molecule has 1 aromatic carbocycles. The zero-order chi connectivity index (χ0) is 14.9. The third kappa shape index (κ3) is 2.74. The molecule has 0 aliphatic carbocycles. The highest BCUT2D eigenvalue weighted by Crippen LogP contribution is 2.36. The SMILES string of the molecule is C/C(C#N)=C(\C)N1CCOc2cc(S(=O)(=O)Cl)ccc21. The third-order valence-corrected chi connectivity index (χ3v) is 4.54. The van der Waals surface area contributed by atoms with Crippen LogP contribution in [0.25, 0.3) is 0 Å². The fourth-order valence-electron chi connectivity index (χ4n) is 1.98. The van der Waals surface area contributed by atoms with Gasteiger partial charge in [0.2, 0.25) is 0 Å². The maximum Gasteiger partial charge on any atom is 0.261 e. The molecular weight excluding hydrogens is 300 g/mol. The normalized spacial score (nSPS) is 15.8. The van der Waals surface area contributed by atoms with Gasteiger partial charge in [-0.2, -0.15) is 5.26 Å². The number of allylic oxidation sites excluding steroid dienone is 2. The molecule has 0 saturated carbocycles. The minimum absolute atomic E-state index is 0.00148. The lowest BCUT2D eigenvalue weighted by molar-refractivity contribution is 0.311. The van der Waals surface area contributed by atoms with Gasteiger partial charge in [0.05, 0.1) is 23.2 Å². The molecule has 0 N–H and O–H groups in total. The summed E-state index contributed by atoms with van der Waals surface area (Å²) in [5.74, 6) is 0.447. The standard InChI is InChI=1S/C13H13ClN2O3S/c1-9(8-15)10(2)16-5-6-19-13-7-11(20(14,17)18)3-4-12(13)16/h3-4,7H,5-6H2,1-2H3/b10-9-. The van der Waals surface area contributed by atoms with Gasteiger partial charge in [-0.05, 0) is 26.0 Å². The van der Waals surface area contributed by atoms with Crippen molar-refractivity contribution in [3.63, 3.8) is 0 Å². The first-order chi connectivity index (χ1) is 9.34. The van der Waals surface area contributed by atoms with Gasteiger partial charge in [0.25, 0.3) is 9.05 Å². The Morgan fingerprint density at radius 1 is 1.45 bits per heavy atom. The van der Waals surface area contributed by atoms with Crippen LogP contribution in [0, 0.1) is 11.3 Å². The van der Waals surface area contributed by atoms with Crippen LogP contribution in [-0.2, 0) is 9.05 Å². The Hall–Kier alpha value is -1.71. The second-order valence-electron chi connectivity index (χ2n) is 4.39. The van der Waals surface area contributed by atoms with Crippen molar-refractivity contribution in [1.29, 1.82) is 5.26 Å². The van der Waals surface area contributed by atoms with Gasteiger partial charge in [-0.3, -0.25) is 0 Å². The second-order valence-corrected chi connectivity index (χ2v) is 6.96. The highest BCUT2D eigenvalue weighted by molar-refractivity contribution is 8.13. The number of fused-ring (bicyclic) bond motifs is 1. The van der Waals surface area contributed by atoms with Crippen LogP contribution in [0.4, 0.5) is 5.69 Å². The van der Waals surface area contributed by atoms with E-state index >= 15 is 0 Å².